The second-order valence-electron chi connectivity index (χ2n) is 19.6. The molecule has 0 aliphatic carbocycles. The Morgan fingerprint density at radius 3 is 0.701 bits per heavy atom. The molecule has 0 aliphatic rings. The maximum atomic E-state index is 13.0. The monoisotopic (exact) mass is 1110 g/mol. The van der Waals surface area contributed by atoms with E-state index in [4.69, 9.17) is 14.2 Å². The van der Waals surface area contributed by atoms with Crippen LogP contribution in [0.1, 0.15) is 304 Å². The number of carbonyl (C=O) groups excluding carboxylic acids is 3. The molecule has 0 amide bonds. The Bertz CT molecular complexity index is 944. The predicted octanol–water partition coefficient (Wildman–Crippen LogP) is 19.6. The van der Waals surface area contributed by atoms with E-state index in [1.165, 1.54) is 223 Å². The minimum atomic E-state index is -3.14. The van der Waals surface area contributed by atoms with Crippen molar-refractivity contribution in [1.82, 2.24) is 0 Å². The van der Waals surface area contributed by atoms with Crippen LogP contribution in [0.3, 0.4) is 0 Å². The zero-order valence-electron chi connectivity index (χ0n) is 45.0. The van der Waals surface area contributed by atoms with Crippen LogP contribution in [0.2, 0.25) is 4.44 Å². The van der Waals surface area contributed by atoms with Gasteiger partial charge in [0.15, 0.2) is 0 Å². The molecule has 0 saturated heterocycles. The molecule has 0 aromatic heterocycles. The van der Waals surface area contributed by atoms with Gasteiger partial charge in [-0.25, -0.2) is 0 Å². The second-order valence-corrected chi connectivity index (χ2v) is 53.7. The van der Waals surface area contributed by atoms with Gasteiger partial charge in [0, 0.05) is 0 Å². The number of hydrogen-bond donors (Lipinski definition) is 0. The molecule has 0 radical (unpaired) electrons. The molecule has 0 bridgehead atoms. The number of hydrogen-bond acceptors (Lipinski definition) is 9. The van der Waals surface area contributed by atoms with E-state index in [0.29, 0.717) is 39.1 Å². The molecule has 0 aromatic carbocycles. The second kappa shape index (κ2) is 55.6. The van der Waals surface area contributed by atoms with Crippen molar-refractivity contribution in [1.29, 1.82) is 0 Å². The van der Waals surface area contributed by atoms with Crippen molar-refractivity contribution in [3.63, 3.8) is 0 Å². The summed E-state index contributed by atoms with van der Waals surface area (Å²) < 4.78 is 18.4. The van der Waals surface area contributed by atoms with Crippen LogP contribution in [0.15, 0.2) is 0 Å². The third kappa shape index (κ3) is 51.0. The van der Waals surface area contributed by atoms with E-state index in [-0.39, 0.29) is 17.9 Å². The van der Waals surface area contributed by atoms with Crippen LogP contribution in [0, 0.1) is 0 Å². The minimum absolute atomic E-state index is 0.0800. The van der Waals surface area contributed by atoms with Gasteiger partial charge in [-0.1, -0.05) is 97.8 Å². The summed E-state index contributed by atoms with van der Waals surface area (Å²) in [5.74, 6) is 2.04. The molecular formula is C57H112O6S3Sn. The van der Waals surface area contributed by atoms with Crippen LogP contribution < -0.4 is 0 Å². The van der Waals surface area contributed by atoms with E-state index in [1.807, 2.05) is 26.8 Å². The molecule has 6 nitrogen and oxygen atoms in total. The van der Waals surface area contributed by atoms with Gasteiger partial charge in [0.2, 0.25) is 0 Å². The van der Waals surface area contributed by atoms with E-state index in [2.05, 4.69) is 27.7 Å². The molecule has 0 heterocycles. The number of unbranched alkanes of at least 4 members (excludes halogenated alkanes) is 36. The van der Waals surface area contributed by atoms with Crippen molar-refractivity contribution in [2.75, 3.05) is 37.1 Å². The first kappa shape index (κ1) is 67.3. The summed E-state index contributed by atoms with van der Waals surface area (Å²) in [6.45, 7) is 10.7. The number of rotatable bonds is 56. The van der Waals surface area contributed by atoms with Crippen molar-refractivity contribution in [3.8, 4) is 0 Å². The number of ether oxygens (including phenoxy) is 3. The predicted molar refractivity (Wildman–Crippen MR) is 302 cm³/mol. The summed E-state index contributed by atoms with van der Waals surface area (Å²) in [6.07, 6.45) is 52.4. The van der Waals surface area contributed by atoms with E-state index in [9.17, 15) is 14.4 Å². The Morgan fingerprint density at radius 1 is 0.284 bits per heavy atom. The normalized spacial score (nSPS) is 11.6. The first-order valence-corrected chi connectivity index (χ1v) is 44.8. The first-order valence-electron chi connectivity index (χ1n) is 29.3. The minimum Gasteiger partial charge on any atom is -0.0654 e. The van der Waals surface area contributed by atoms with Gasteiger partial charge in [-0.05, 0) is 0 Å². The van der Waals surface area contributed by atoms with E-state index in [0.717, 1.165) is 55.8 Å². The Morgan fingerprint density at radius 2 is 0.478 bits per heavy atom. The van der Waals surface area contributed by atoms with Gasteiger partial charge in [0.25, 0.3) is 0 Å². The standard InChI is InChI=1S/3C15H30O2S.C12H25.Sn/c3*1-2-3-4-5-6-7-8-9-10-11-13-17-15(16)12-14-18;1-3-5-7-9-11-12-10-8-6-4-2;/h3*18H,2-14H2,1H3;1,3-12H2,2H3;/q;;;;+3/p-3. The van der Waals surface area contributed by atoms with Gasteiger partial charge in [-0.2, -0.15) is 0 Å². The fraction of sp³-hybridized carbons (Fsp3) is 0.947. The molecule has 0 spiro atoms. The van der Waals surface area contributed by atoms with E-state index < -0.39 is 14.2 Å². The Balaban J connectivity index is 5.22. The van der Waals surface area contributed by atoms with Gasteiger partial charge in [-0.15, -0.1) is 0 Å². The molecule has 0 fully saturated rings. The van der Waals surface area contributed by atoms with E-state index in [1.54, 1.807) is 0 Å². The molecular weight excluding hydrogens is 996 g/mol. The molecule has 398 valence electrons. The average molecular weight is 1110 g/mol. The van der Waals surface area contributed by atoms with Crippen molar-refractivity contribution in [2.45, 2.75) is 308 Å². The van der Waals surface area contributed by atoms with Gasteiger partial charge in [0.05, 0.1) is 0 Å². The molecule has 0 saturated carbocycles. The summed E-state index contributed by atoms with van der Waals surface area (Å²) in [6, 6.07) is 0. The van der Waals surface area contributed by atoms with Crippen molar-refractivity contribution in [3.05, 3.63) is 0 Å². The third-order valence-corrected chi connectivity index (χ3v) is 53.2. The average Bonchev–Trinajstić information content (AvgIpc) is 3.32. The van der Waals surface area contributed by atoms with Crippen molar-refractivity contribution in [2.24, 2.45) is 0 Å². The number of carbonyl (C=O) groups is 3. The third-order valence-electron chi connectivity index (χ3n) is 13.0. The van der Waals surface area contributed by atoms with E-state index >= 15 is 0 Å². The van der Waals surface area contributed by atoms with Crippen LogP contribution >= 0.6 is 26.8 Å². The maximum absolute atomic E-state index is 13.0. The van der Waals surface area contributed by atoms with Gasteiger partial charge < -0.3 is 0 Å². The molecule has 0 atom stereocenters. The Kier molecular flexibility index (Phi) is 55.8. The van der Waals surface area contributed by atoms with Gasteiger partial charge in [0.1, 0.15) is 0 Å². The van der Waals surface area contributed by atoms with Crippen LogP contribution in [-0.4, -0.2) is 69.2 Å². The van der Waals surface area contributed by atoms with Gasteiger partial charge in [-0.3, -0.25) is 0 Å². The Labute approximate surface area is 429 Å². The summed E-state index contributed by atoms with van der Waals surface area (Å²) in [4.78, 5) is 39.0. The SMILES string of the molecule is CCCCCCCCCCCCOC(=O)CC[S][Sn]([CH2]CCCCCCCCCCC)([S]CCC(=O)OCCCCCCCCCCCC)[S]CCC(=O)OCCCCCCCCCCCC. The molecule has 0 aromatic rings. The topological polar surface area (TPSA) is 78.9 Å². The summed E-state index contributed by atoms with van der Waals surface area (Å²) >= 11 is -3.14. The number of esters is 3. The molecule has 0 N–H and O–H groups in total. The molecule has 0 aliphatic heterocycles. The zero-order chi connectivity index (χ0) is 48.8. The molecule has 0 rings (SSSR count). The summed E-state index contributed by atoms with van der Waals surface area (Å²) in [5, 5.41) is 0. The smallest absolute Gasteiger partial charge is 0.0654 e. The molecule has 0 unspecified atom stereocenters. The fourth-order valence-electron chi connectivity index (χ4n) is 8.58. The van der Waals surface area contributed by atoms with Crippen LogP contribution in [0.25, 0.3) is 0 Å². The quantitative estimate of drug-likeness (QED) is 0.0256. The first-order chi connectivity index (χ1) is 32.9. The van der Waals surface area contributed by atoms with Crippen LogP contribution in [0.5, 0.6) is 0 Å². The van der Waals surface area contributed by atoms with Crippen LogP contribution in [-0.2, 0) is 28.6 Å². The molecule has 67 heavy (non-hydrogen) atoms. The fourth-order valence-corrected chi connectivity index (χ4v) is 47.4. The molecule has 10 heteroatoms. The Hall–Kier alpha value is 0.259. The summed E-state index contributed by atoms with van der Waals surface area (Å²) in [7, 11) is 6.13. The van der Waals surface area contributed by atoms with Crippen molar-refractivity contribution >= 4 is 59.0 Å². The van der Waals surface area contributed by atoms with Gasteiger partial charge >= 0.3 is 335 Å². The van der Waals surface area contributed by atoms with Crippen molar-refractivity contribution < 1.29 is 28.6 Å². The zero-order valence-corrected chi connectivity index (χ0v) is 50.3. The summed E-state index contributed by atoms with van der Waals surface area (Å²) in [5.41, 5.74) is 0. The van der Waals surface area contributed by atoms with Crippen LogP contribution in [0.4, 0.5) is 0 Å².